The van der Waals surface area contributed by atoms with Crippen molar-refractivity contribution in [1.82, 2.24) is 30.0 Å². The number of aryl methyl sites for hydroxylation is 1. The number of nitrogens with zero attached hydrogens (tertiary/aromatic N) is 6. The summed E-state index contributed by atoms with van der Waals surface area (Å²) < 4.78 is 0. The molecule has 0 aromatic carbocycles. The number of hydrogen-bond donors (Lipinski definition) is 3. The van der Waals surface area contributed by atoms with Crippen LogP contribution < -0.4 is 10.6 Å². The zero-order valence-electron chi connectivity index (χ0n) is 19.5. The number of aromatic nitrogens is 4. The highest BCUT2D eigenvalue weighted by molar-refractivity contribution is 5.91. The molecule has 34 heavy (non-hydrogen) atoms. The number of piperidine rings is 1. The molecule has 3 fully saturated rings. The molecule has 3 aromatic heterocycles. The Morgan fingerprint density at radius 3 is 2.71 bits per heavy atom. The van der Waals surface area contributed by atoms with Crippen molar-refractivity contribution >= 4 is 28.4 Å². The van der Waals surface area contributed by atoms with Gasteiger partial charge in [-0.05, 0) is 44.7 Å². The van der Waals surface area contributed by atoms with Gasteiger partial charge in [0.2, 0.25) is 0 Å². The van der Waals surface area contributed by atoms with E-state index in [1.165, 1.54) is 12.8 Å². The van der Waals surface area contributed by atoms with E-state index in [-0.39, 0.29) is 0 Å². The molecule has 3 aromatic rings. The van der Waals surface area contributed by atoms with E-state index in [0.29, 0.717) is 30.6 Å². The van der Waals surface area contributed by atoms with Crippen molar-refractivity contribution in [1.29, 1.82) is 5.26 Å². The fraction of sp³-hybridized carbons (Fsp3) is 0.520. The Hall–Kier alpha value is -3.22. The summed E-state index contributed by atoms with van der Waals surface area (Å²) in [5, 5.41) is 24.2. The molecule has 3 atom stereocenters. The van der Waals surface area contributed by atoms with Gasteiger partial charge in [0.25, 0.3) is 0 Å². The van der Waals surface area contributed by atoms with Crippen LogP contribution in [0.15, 0.2) is 30.5 Å². The number of nitriles is 1. The van der Waals surface area contributed by atoms with Crippen molar-refractivity contribution in [3.05, 3.63) is 36.2 Å². The minimum absolute atomic E-state index is 0.405. The number of pyridine rings is 2. The number of rotatable bonds is 7. The van der Waals surface area contributed by atoms with E-state index in [1.807, 2.05) is 31.3 Å². The van der Waals surface area contributed by atoms with Crippen LogP contribution in [0.1, 0.15) is 37.8 Å². The number of likely N-dealkylation sites (tertiary alicyclic amines) is 1. The highest BCUT2D eigenvalue weighted by Gasteiger charge is 2.46. The molecule has 3 saturated heterocycles. The Morgan fingerprint density at radius 2 is 1.97 bits per heavy atom. The molecule has 9 heteroatoms. The van der Waals surface area contributed by atoms with Crippen LogP contribution >= 0.6 is 0 Å². The molecule has 176 valence electrons. The van der Waals surface area contributed by atoms with Gasteiger partial charge < -0.3 is 10.6 Å². The van der Waals surface area contributed by atoms with Gasteiger partial charge in [0.1, 0.15) is 11.6 Å². The number of hydrogen-bond acceptors (Lipinski definition) is 8. The summed E-state index contributed by atoms with van der Waals surface area (Å²) in [4.78, 5) is 14.7. The number of nitrogens with one attached hydrogen (secondary N) is 3. The van der Waals surface area contributed by atoms with E-state index < -0.39 is 0 Å². The molecule has 0 amide bonds. The van der Waals surface area contributed by atoms with Gasteiger partial charge >= 0.3 is 0 Å². The molecule has 6 heterocycles. The predicted octanol–water partition coefficient (Wildman–Crippen LogP) is 3.41. The maximum absolute atomic E-state index is 8.84. The summed E-state index contributed by atoms with van der Waals surface area (Å²) in [5.74, 6) is 2.39. The predicted molar refractivity (Wildman–Crippen MR) is 132 cm³/mol. The van der Waals surface area contributed by atoms with E-state index in [0.717, 1.165) is 66.5 Å². The van der Waals surface area contributed by atoms with Crippen LogP contribution in [0.4, 0.5) is 17.5 Å². The quantitative estimate of drug-likeness (QED) is 0.495. The third-order valence-corrected chi connectivity index (χ3v) is 7.59. The van der Waals surface area contributed by atoms with Crippen molar-refractivity contribution in [3.8, 4) is 6.07 Å². The van der Waals surface area contributed by atoms with Gasteiger partial charge in [0, 0.05) is 79.6 Å². The summed E-state index contributed by atoms with van der Waals surface area (Å²) in [7, 11) is 0. The minimum atomic E-state index is 0.405. The van der Waals surface area contributed by atoms with Crippen molar-refractivity contribution < 1.29 is 0 Å². The molecule has 3 aliphatic rings. The first-order chi connectivity index (χ1) is 16.7. The zero-order valence-corrected chi connectivity index (χ0v) is 19.5. The van der Waals surface area contributed by atoms with Gasteiger partial charge in [-0.15, -0.1) is 0 Å². The van der Waals surface area contributed by atoms with Crippen LogP contribution in [0.5, 0.6) is 0 Å². The van der Waals surface area contributed by atoms with E-state index in [9.17, 15) is 0 Å². The highest BCUT2D eigenvalue weighted by atomic mass is 15.4. The third-order valence-electron chi connectivity index (χ3n) is 7.59. The number of aromatic amines is 1. The lowest BCUT2D eigenvalue weighted by atomic mass is 9.93. The first-order valence-electron chi connectivity index (χ1n) is 12.3. The highest BCUT2D eigenvalue weighted by Crippen LogP contribution is 2.40. The van der Waals surface area contributed by atoms with E-state index in [4.69, 9.17) is 10.2 Å². The smallest absolute Gasteiger partial charge is 0.153 e. The van der Waals surface area contributed by atoms with Crippen LogP contribution in [0.3, 0.4) is 0 Å². The Bertz CT molecular complexity index is 1190. The third kappa shape index (κ3) is 4.08. The van der Waals surface area contributed by atoms with Gasteiger partial charge in [-0.25, -0.2) is 4.98 Å². The summed E-state index contributed by atoms with van der Waals surface area (Å²) in [6.45, 7) is 5.13. The maximum atomic E-state index is 8.84. The summed E-state index contributed by atoms with van der Waals surface area (Å²) in [6.07, 6.45) is 7.32. The summed E-state index contributed by atoms with van der Waals surface area (Å²) in [6, 6.07) is 12.6. The Balaban J connectivity index is 1.17. The topological polar surface area (TPSA) is 109 Å². The fourth-order valence-electron chi connectivity index (χ4n) is 6.11. The fourth-order valence-corrected chi connectivity index (χ4v) is 6.11. The van der Waals surface area contributed by atoms with E-state index >= 15 is 0 Å². The van der Waals surface area contributed by atoms with Crippen LogP contribution in [-0.4, -0.2) is 73.8 Å². The van der Waals surface area contributed by atoms with Crippen molar-refractivity contribution in [2.45, 2.75) is 63.2 Å². The van der Waals surface area contributed by atoms with Gasteiger partial charge in [-0.2, -0.15) is 10.4 Å². The minimum Gasteiger partial charge on any atom is -0.367 e. The SMILES string of the molecule is Cc1cc(Nc2cc3ncccc3c(NC3CC4CC[C@@H](C3)N4C3CN(CCC#N)C3)n2)n[nH]1. The summed E-state index contributed by atoms with van der Waals surface area (Å²) in [5.41, 5.74) is 1.92. The average molecular weight is 458 g/mol. The molecule has 6 rings (SSSR count). The molecule has 2 unspecified atom stereocenters. The first kappa shape index (κ1) is 21.3. The average Bonchev–Trinajstić information content (AvgIpc) is 3.32. The second kappa shape index (κ2) is 8.85. The lowest BCUT2D eigenvalue weighted by Crippen LogP contribution is -2.64. The first-order valence-corrected chi connectivity index (χ1v) is 12.3. The molecule has 0 radical (unpaired) electrons. The normalized spacial score (nSPS) is 25.2. The van der Waals surface area contributed by atoms with Crippen molar-refractivity contribution in [3.63, 3.8) is 0 Å². The van der Waals surface area contributed by atoms with Gasteiger partial charge in [-0.3, -0.25) is 19.9 Å². The Kier molecular flexibility index (Phi) is 5.55. The van der Waals surface area contributed by atoms with Crippen molar-refractivity contribution in [2.75, 3.05) is 30.3 Å². The van der Waals surface area contributed by atoms with Crippen LogP contribution in [-0.2, 0) is 0 Å². The largest absolute Gasteiger partial charge is 0.367 e. The van der Waals surface area contributed by atoms with Crippen LogP contribution in [0.25, 0.3) is 10.9 Å². The Morgan fingerprint density at radius 1 is 1.15 bits per heavy atom. The standard InChI is InChI=1S/C25H31N9/c1-16-10-24(32-31-16)29-23-13-22-21(4-2-8-27-22)25(30-23)28-17-11-18-5-6-19(12-17)34(18)20-14-33(15-20)9-3-7-26/h2,4,8,10,13,17-20H,3,5-6,9,11-12,14-15H2,1H3,(H3,28,29,30,31,32)/t17?,18-,19?/m0/s1. The molecule has 9 nitrogen and oxygen atoms in total. The van der Waals surface area contributed by atoms with Gasteiger partial charge in [0.05, 0.1) is 11.6 Å². The number of anilines is 3. The molecular weight excluding hydrogens is 426 g/mol. The van der Waals surface area contributed by atoms with E-state index in [1.54, 1.807) is 0 Å². The van der Waals surface area contributed by atoms with Gasteiger partial charge in [0.15, 0.2) is 5.82 Å². The maximum Gasteiger partial charge on any atom is 0.153 e. The van der Waals surface area contributed by atoms with E-state index in [2.05, 4.69) is 47.8 Å². The van der Waals surface area contributed by atoms with Crippen molar-refractivity contribution in [2.24, 2.45) is 0 Å². The zero-order chi connectivity index (χ0) is 23.1. The molecule has 0 saturated carbocycles. The monoisotopic (exact) mass is 457 g/mol. The molecule has 3 aliphatic heterocycles. The second-order valence-electron chi connectivity index (χ2n) is 9.95. The van der Waals surface area contributed by atoms with Crippen LogP contribution in [0.2, 0.25) is 0 Å². The van der Waals surface area contributed by atoms with Crippen LogP contribution in [0, 0.1) is 18.3 Å². The van der Waals surface area contributed by atoms with Gasteiger partial charge in [-0.1, -0.05) is 0 Å². The lowest BCUT2D eigenvalue weighted by molar-refractivity contribution is -0.0136. The molecular formula is C25H31N9. The molecule has 2 bridgehead atoms. The Labute approximate surface area is 199 Å². The molecule has 0 spiro atoms. The second-order valence-corrected chi connectivity index (χ2v) is 9.95. The molecule has 0 aliphatic carbocycles. The summed E-state index contributed by atoms with van der Waals surface area (Å²) >= 11 is 0. The molecule has 3 N–H and O–H groups in total. The number of fused-ring (bicyclic) bond motifs is 3. The number of H-pyrrole nitrogens is 1. The lowest BCUT2D eigenvalue weighted by Gasteiger charge is -2.51.